The van der Waals surface area contributed by atoms with Gasteiger partial charge in [-0.3, -0.25) is 0 Å². The zero-order valence-corrected chi connectivity index (χ0v) is 8.70. The quantitative estimate of drug-likeness (QED) is 0.692. The van der Waals surface area contributed by atoms with E-state index in [1.54, 1.807) is 0 Å². The molecule has 0 bridgehead atoms. The zero-order chi connectivity index (χ0) is 10.8. The molecular formula is C13H14N2. The van der Waals surface area contributed by atoms with Crippen LogP contribution in [0.5, 0.6) is 0 Å². The van der Waals surface area contributed by atoms with Crippen molar-refractivity contribution < 1.29 is 0 Å². The van der Waals surface area contributed by atoms with E-state index in [9.17, 15) is 0 Å². The van der Waals surface area contributed by atoms with E-state index < -0.39 is 0 Å². The molecule has 0 fully saturated rings. The fraction of sp³-hybridized carbons (Fsp3) is 0.0769. The summed E-state index contributed by atoms with van der Waals surface area (Å²) in [7, 11) is 0. The van der Waals surface area contributed by atoms with Gasteiger partial charge < -0.3 is 11.5 Å². The van der Waals surface area contributed by atoms with Crippen LogP contribution in [0.3, 0.4) is 0 Å². The highest BCUT2D eigenvalue weighted by molar-refractivity contribution is 5.87. The van der Waals surface area contributed by atoms with Gasteiger partial charge >= 0.3 is 0 Å². The Hall–Kier alpha value is -1.96. The maximum Gasteiger partial charge on any atom is 0.0444 e. The number of nitrogen functional groups attached to an aromatic ring is 2. The predicted molar refractivity (Wildman–Crippen MR) is 65.4 cm³/mol. The van der Waals surface area contributed by atoms with Crippen LogP contribution in [-0.4, -0.2) is 0 Å². The van der Waals surface area contributed by atoms with Crippen molar-refractivity contribution in [3.8, 4) is 11.1 Å². The van der Waals surface area contributed by atoms with Gasteiger partial charge in [0, 0.05) is 16.9 Å². The van der Waals surface area contributed by atoms with Gasteiger partial charge in [-0.2, -0.15) is 0 Å². The monoisotopic (exact) mass is 198 g/mol. The lowest BCUT2D eigenvalue weighted by atomic mass is 9.99. The topological polar surface area (TPSA) is 52.0 Å². The van der Waals surface area contributed by atoms with Crippen molar-refractivity contribution in [1.82, 2.24) is 0 Å². The van der Waals surface area contributed by atoms with Gasteiger partial charge in [-0.25, -0.2) is 0 Å². The van der Waals surface area contributed by atoms with Gasteiger partial charge in [0.2, 0.25) is 0 Å². The van der Waals surface area contributed by atoms with E-state index in [-0.39, 0.29) is 0 Å². The minimum Gasteiger partial charge on any atom is -0.398 e. The summed E-state index contributed by atoms with van der Waals surface area (Å²) >= 11 is 0. The molecule has 0 aliphatic carbocycles. The van der Waals surface area contributed by atoms with E-state index in [4.69, 9.17) is 11.5 Å². The normalized spacial score (nSPS) is 10.2. The molecule has 2 heteroatoms. The van der Waals surface area contributed by atoms with Crippen LogP contribution in [0.15, 0.2) is 42.5 Å². The third-order valence-electron chi connectivity index (χ3n) is 2.56. The van der Waals surface area contributed by atoms with Crippen LogP contribution in [0.25, 0.3) is 11.1 Å². The molecule has 0 unspecified atom stereocenters. The molecule has 0 heterocycles. The Morgan fingerprint density at radius 1 is 0.867 bits per heavy atom. The number of aryl methyl sites for hydroxylation is 1. The molecule has 0 radical (unpaired) electrons. The Kier molecular flexibility index (Phi) is 2.34. The molecule has 4 N–H and O–H groups in total. The third-order valence-corrected chi connectivity index (χ3v) is 2.56. The van der Waals surface area contributed by atoms with E-state index in [0.717, 1.165) is 28.1 Å². The van der Waals surface area contributed by atoms with Crippen LogP contribution < -0.4 is 11.5 Å². The van der Waals surface area contributed by atoms with Crippen molar-refractivity contribution in [2.45, 2.75) is 6.92 Å². The second-order valence-electron chi connectivity index (χ2n) is 3.63. The van der Waals surface area contributed by atoms with Crippen molar-refractivity contribution in [2.75, 3.05) is 11.5 Å². The summed E-state index contributed by atoms with van der Waals surface area (Å²) < 4.78 is 0. The Balaban J connectivity index is 2.68. The number of benzene rings is 2. The first-order valence-corrected chi connectivity index (χ1v) is 4.90. The number of hydrogen-bond acceptors (Lipinski definition) is 2. The van der Waals surface area contributed by atoms with Gasteiger partial charge in [0.25, 0.3) is 0 Å². The summed E-state index contributed by atoms with van der Waals surface area (Å²) in [5, 5.41) is 0. The van der Waals surface area contributed by atoms with Crippen LogP contribution in [-0.2, 0) is 0 Å². The van der Waals surface area contributed by atoms with E-state index >= 15 is 0 Å². The van der Waals surface area contributed by atoms with E-state index in [1.165, 1.54) is 0 Å². The van der Waals surface area contributed by atoms with Crippen molar-refractivity contribution in [2.24, 2.45) is 0 Å². The SMILES string of the molecule is Cc1ccc(N)c(-c2ccccc2)c1N. The molecule has 0 spiro atoms. The molecule has 2 nitrogen and oxygen atoms in total. The fourth-order valence-electron chi connectivity index (χ4n) is 1.67. The van der Waals surface area contributed by atoms with Crippen molar-refractivity contribution >= 4 is 11.4 Å². The predicted octanol–water partition coefficient (Wildman–Crippen LogP) is 2.83. The highest BCUT2D eigenvalue weighted by atomic mass is 14.6. The van der Waals surface area contributed by atoms with Crippen molar-refractivity contribution in [3.63, 3.8) is 0 Å². The average Bonchev–Trinajstić information content (AvgIpc) is 2.26. The van der Waals surface area contributed by atoms with Crippen LogP contribution in [0.1, 0.15) is 5.56 Å². The molecule has 0 saturated carbocycles. The van der Waals surface area contributed by atoms with Crippen LogP contribution in [0.2, 0.25) is 0 Å². The Morgan fingerprint density at radius 2 is 1.53 bits per heavy atom. The number of hydrogen-bond donors (Lipinski definition) is 2. The summed E-state index contributed by atoms with van der Waals surface area (Å²) in [5.74, 6) is 0. The van der Waals surface area contributed by atoms with Gasteiger partial charge in [-0.05, 0) is 24.1 Å². The Labute approximate surface area is 89.5 Å². The van der Waals surface area contributed by atoms with Gasteiger partial charge in [0.1, 0.15) is 0 Å². The summed E-state index contributed by atoms with van der Waals surface area (Å²) in [4.78, 5) is 0. The first kappa shape index (κ1) is 9.59. The average molecular weight is 198 g/mol. The van der Waals surface area contributed by atoms with Gasteiger partial charge in [0.15, 0.2) is 0 Å². The second-order valence-corrected chi connectivity index (χ2v) is 3.63. The Morgan fingerprint density at radius 3 is 2.20 bits per heavy atom. The standard InChI is InChI=1S/C13H14N2/c1-9-7-8-11(14)12(13(9)15)10-5-3-2-4-6-10/h2-8H,14-15H2,1H3. The largest absolute Gasteiger partial charge is 0.398 e. The minimum absolute atomic E-state index is 0.726. The van der Waals surface area contributed by atoms with E-state index in [0.29, 0.717) is 0 Å². The molecule has 15 heavy (non-hydrogen) atoms. The summed E-state index contributed by atoms with van der Waals surface area (Å²) in [6.07, 6.45) is 0. The molecule has 76 valence electrons. The molecule has 2 aromatic carbocycles. The summed E-state index contributed by atoms with van der Waals surface area (Å²) in [6, 6.07) is 13.8. The number of anilines is 2. The maximum absolute atomic E-state index is 6.04. The molecule has 0 aromatic heterocycles. The Bertz CT molecular complexity index is 475. The van der Waals surface area contributed by atoms with Gasteiger partial charge in [-0.15, -0.1) is 0 Å². The minimum atomic E-state index is 0.726. The fourth-order valence-corrected chi connectivity index (χ4v) is 1.67. The molecule has 2 aromatic rings. The first-order valence-electron chi connectivity index (χ1n) is 4.90. The third kappa shape index (κ3) is 1.66. The molecular weight excluding hydrogens is 184 g/mol. The number of nitrogens with two attached hydrogens (primary N) is 2. The lowest BCUT2D eigenvalue weighted by Crippen LogP contribution is -1.98. The van der Waals surface area contributed by atoms with Gasteiger partial charge in [-0.1, -0.05) is 36.4 Å². The molecule has 0 aliphatic rings. The van der Waals surface area contributed by atoms with E-state index in [1.807, 2.05) is 49.4 Å². The zero-order valence-electron chi connectivity index (χ0n) is 8.70. The van der Waals surface area contributed by atoms with E-state index in [2.05, 4.69) is 0 Å². The molecule has 2 rings (SSSR count). The van der Waals surface area contributed by atoms with Crippen LogP contribution in [0.4, 0.5) is 11.4 Å². The maximum atomic E-state index is 6.04. The molecule has 0 saturated heterocycles. The summed E-state index contributed by atoms with van der Waals surface area (Å²) in [6.45, 7) is 1.99. The molecule has 0 aliphatic heterocycles. The number of rotatable bonds is 1. The first-order chi connectivity index (χ1) is 7.20. The highest BCUT2D eigenvalue weighted by Gasteiger charge is 2.07. The summed E-state index contributed by atoms with van der Waals surface area (Å²) in [5.41, 5.74) is 16.5. The lowest BCUT2D eigenvalue weighted by Gasteiger charge is -2.11. The second kappa shape index (κ2) is 3.65. The van der Waals surface area contributed by atoms with Crippen molar-refractivity contribution in [3.05, 3.63) is 48.0 Å². The molecule has 0 atom stereocenters. The van der Waals surface area contributed by atoms with Crippen LogP contribution in [0, 0.1) is 6.92 Å². The highest BCUT2D eigenvalue weighted by Crippen LogP contribution is 2.33. The smallest absolute Gasteiger partial charge is 0.0444 e. The van der Waals surface area contributed by atoms with Crippen LogP contribution >= 0.6 is 0 Å². The lowest BCUT2D eigenvalue weighted by molar-refractivity contribution is 1.46. The molecule has 0 amide bonds. The van der Waals surface area contributed by atoms with Gasteiger partial charge in [0.05, 0.1) is 0 Å². The van der Waals surface area contributed by atoms with Crippen molar-refractivity contribution in [1.29, 1.82) is 0 Å².